The Hall–Kier alpha value is -2.68. The molecule has 0 fully saturated rings. The lowest BCUT2D eigenvalue weighted by atomic mass is 10.2. The Bertz CT molecular complexity index is 1030. The van der Waals surface area contributed by atoms with E-state index in [0.29, 0.717) is 18.2 Å². The van der Waals surface area contributed by atoms with E-state index in [1.807, 2.05) is 55.4 Å². The van der Waals surface area contributed by atoms with Gasteiger partial charge in [-0.3, -0.25) is 0 Å². The molecule has 1 aliphatic rings. The third kappa shape index (κ3) is 5.33. The number of fused-ring (bicyclic) bond motifs is 1. The predicted octanol–water partition coefficient (Wildman–Crippen LogP) is 3.98. The van der Waals surface area contributed by atoms with Gasteiger partial charge in [-0.25, -0.2) is 4.98 Å². The molecule has 0 aliphatic carbocycles. The van der Waals surface area contributed by atoms with Gasteiger partial charge < -0.3 is 25.0 Å². The van der Waals surface area contributed by atoms with E-state index in [-0.39, 0.29) is 6.61 Å². The highest BCUT2D eigenvalue weighted by molar-refractivity contribution is 9.10. The summed E-state index contributed by atoms with van der Waals surface area (Å²) in [5, 5.41) is 13.2. The Morgan fingerprint density at radius 3 is 2.77 bits per heavy atom. The van der Waals surface area contributed by atoms with Crippen molar-refractivity contribution < 1.29 is 9.84 Å². The molecule has 3 aromatic rings. The van der Waals surface area contributed by atoms with Crippen LogP contribution in [0.4, 0.5) is 23.1 Å². The first-order valence-corrected chi connectivity index (χ1v) is 11.0. The smallest absolute Gasteiger partial charge is 0.229 e. The molecule has 162 valence electrons. The molecule has 0 bridgehead atoms. The molecule has 1 atom stereocenters. The van der Waals surface area contributed by atoms with Crippen molar-refractivity contribution in [1.29, 1.82) is 0 Å². The van der Waals surface area contributed by atoms with Crippen molar-refractivity contribution in [3.05, 3.63) is 64.8 Å². The van der Waals surface area contributed by atoms with Gasteiger partial charge in [0.25, 0.3) is 0 Å². The number of halogens is 1. The van der Waals surface area contributed by atoms with E-state index in [9.17, 15) is 5.11 Å². The van der Waals surface area contributed by atoms with E-state index in [1.54, 1.807) is 6.20 Å². The van der Waals surface area contributed by atoms with Gasteiger partial charge in [0.2, 0.25) is 5.95 Å². The van der Waals surface area contributed by atoms with Crippen molar-refractivity contribution in [2.45, 2.75) is 12.5 Å². The molecular weight excluding hydrogens is 458 g/mol. The number of aliphatic hydroxyl groups excluding tert-OH is 1. The van der Waals surface area contributed by atoms with E-state index in [0.717, 1.165) is 28.9 Å². The minimum absolute atomic E-state index is 0.254. The van der Waals surface area contributed by atoms with Crippen molar-refractivity contribution in [2.75, 3.05) is 44.0 Å². The number of likely N-dealkylation sites (N-methyl/N-ethyl adjacent to an activating group) is 1. The Morgan fingerprint density at radius 1 is 1.19 bits per heavy atom. The molecule has 8 heteroatoms. The molecule has 1 unspecified atom stereocenters. The minimum atomic E-state index is -0.528. The molecule has 1 aliphatic heterocycles. The summed E-state index contributed by atoms with van der Waals surface area (Å²) in [6.45, 7) is 1.70. The Morgan fingerprint density at radius 2 is 2.00 bits per heavy atom. The molecular formula is C23H26BrN5O2. The van der Waals surface area contributed by atoms with Crippen LogP contribution in [0, 0.1) is 0 Å². The van der Waals surface area contributed by atoms with Gasteiger partial charge in [0.1, 0.15) is 24.3 Å². The molecule has 1 aromatic heterocycles. The number of hydrogen-bond acceptors (Lipinski definition) is 7. The largest absolute Gasteiger partial charge is 0.491 e. The highest BCUT2D eigenvalue weighted by Crippen LogP contribution is 2.37. The van der Waals surface area contributed by atoms with Gasteiger partial charge in [-0.2, -0.15) is 4.98 Å². The highest BCUT2D eigenvalue weighted by Gasteiger charge is 2.23. The lowest BCUT2D eigenvalue weighted by Crippen LogP contribution is -2.30. The van der Waals surface area contributed by atoms with E-state index in [1.165, 1.54) is 11.3 Å². The monoisotopic (exact) mass is 483 g/mol. The molecule has 0 spiro atoms. The van der Waals surface area contributed by atoms with E-state index in [2.05, 4.69) is 43.3 Å². The summed E-state index contributed by atoms with van der Waals surface area (Å²) in [7, 11) is 3.84. The van der Waals surface area contributed by atoms with Crippen LogP contribution in [0.2, 0.25) is 0 Å². The molecule has 0 saturated heterocycles. The average Bonchev–Trinajstić information content (AvgIpc) is 3.19. The fourth-order valence-corrected chi connectivity index (χ4v) is 4.17. The minimum Gasteiger partial charge on any atom is -0.491 e. The van der Waals surface area contributed by atoms with Gasteiger partial charge in [0, 0.05) is 35.1 Å². The Kier molecular flexibility index (Phi) is 6.70. The number of aliphatic hydroxyl groups is 1. The van der Waals surface area contributed by atoms with E-state index in [4.69, 9.17) is 9.72 Å². The highest BCUT2D eigenvalue weighted by atomic mass is 79.9. The van der Waals surface area contributed by atoms with Crippen molar-refractivity contribution in [3.63, 3.8) is 0 Å². The SMILES string of the molecule is CN(C)CC(O)COc1ccc(Nc2nccc(N3CCc4c(Br)cccc43)n2)cc1. The van der Waals surface area contributed by atoms with Gasteiger partial charge in [-0.05, 0) is 68.5 Å². The fourth-order valence-electron chi connectivity index (χ4n) is 3.62. The maximum atomic E-state index is 9.92. The topological polar surface area (TPSA) is 73.8 Å². The molecule has 0 saturated carbocycles. The molecule has 7 nitrogen and oxygen atoms in total. The third-order valence-electron chi connectivity index (χ3n) is 5.02. The first kappa shape index (κ1) is 21.5. The summed E-state index contributed by atoms with van der Waals surface area (Å²) in [4.78, 5) is 13.2. The van der Waals surface area contributed by atoms with Crippen molar-refractivity contribution in [1.82, 2.24) is 14.9 Å². The van der Waals surface area contributed by atoms with Crippen LogP contribution in [0.5, 0.6) is 5.75 Å². The maximum absolute atomic E-state index is 9.92. The van der Waals surface area contributed by atoms with Gasteiger partial charge >= 0.3 is 0 Å². The fraction of sp³-hybridized carbons (Fsp3) is 0.304. The summed E-state index contributed by atoms with van der Waals surface area (Å²) in [6, 6.07) is 15.7. The van der Waals surface area contributed by atoms with Crippen LogP contribution in [0.15, 0.2) is 59.2 Å². The molecule has 4 rings (SSSR count). The normalized spacial score (nSPS) is 13.9. The predicted molar refractivity (Wildman–Crippen MR) is 127 cm³/mol. The van der Waals surface area contributed by atoms with Crippen LogP contribution >= 0.6 is 15.9 Å². The van der Waals surface area contributed by atoms with Gasteiger partial charge in [0.15, 0.2) is 0 Å². The van der Waals surface area contributed by atoms with Crippen molar-refractivity contribution >= 4 is 39.1 Å². The molecule has 31 heavy (non-hydrogen) atoms. The Balaban J connectivity index is 1.40. The van der Waals surface area contributed by atoms with Gasteiger partial charge in [-0.1, -0.05) is 22.0 Å². The second-order valence-corrected chi connectivity index (χ2v) is 8.61. The number of nitrogens with one attached hydrogen (secondary N) is 1. The quantitative estimate of drug-likeness (QED) is 0.501. The van der Waals surface area contributed by atoms with Crippen LogP contribution in [0.25, 0.3) is 0 Å². The molecule has 2 N–H and O–H groups in total. The maximum Gasteiger partial charge on any atom is 0.229 e. The average molecular weight is 484 g/mol. The third-order valence-corrected chi connectivity index (χ3v) is 5.76. The number of aromatic nitrogens is 2. The lowest BCUT2D eigenvalue weighted by Gasteiger charge is -2.19. The standard InChI is InChI=1S/C23H26BrN5O2/c1-28(2)14-17(30)15-31-18-8-6-16(7-9-18)26-23-25-12-10-22(27-23)29-13-11-19-20(24)4-3-5-21(19)29/h3-10,12,17,30H,11,13-15H2,1-2H3,(H,25,26,27). The second-order valence-electron chi connectivity index (χ2n) is 7.75. The number of nitrogens with zero attached hydrogens (tertiary/aromatic N) is 4. The summed E-state index contributed by atoms with van der Waals surface area (Å²) in [5.74, 6) is 2.11. The lowest BCUT2D eigenvalue weighted by molar-refractivity contribution is 0.0831. The number of rotatable bonds is 8. The van der Waals surface area contributed by atoms with E-state index >= 15 is 0 Å². The van der Waals surface area contributed by atoms with E-state index < -0.39 is 6.10 Å². The van der Waals surface area contributed by atoms with Crippen LogP contribution in [-0.2, 0) is 6.42 Å². The molecule has 2 heterocycles. The molecule has 0 radical (unpaired) electrons. The van der Waals surface area contributed by atoms with Crippen LogP contribution in [0.3, 0.4) is 0 Å². The second kappa shape index (κ2) is 9.64. The van der Waals surface area contributed by atoms with Crippen LogP contribution in [-0.4, -0.2) is 59.9 Å². The summed E-state index contributed by atoms with van der Waals surface area (Å²) < 4.78 is 6.79. The first-order chi connectivity index (χ1) is 15.0. The molecule has 2 aromatic carbocycles. The molecule has 0 amide bonds. The summed E-state index contributed by atoms with van der Waals surface area (Å²) >= 11 is 3.64. The van der Waals surface area contributed by atoms with Gasteiger partial charge in [-0.15, -0.1) is 0 Å². The zero-order valence-electron chi connectivity index (χ0n) is 17.6. The zero-order chi connectivity index (χ0) is 21.8. The van der Waals surface area contributed by atoms with Gasteiger partial charge in [0.05, 0.1) is 0 Å². The zero-order valence-corrected chi connectivity index (χ0v) is 19.2. The number of hydrogen-bond donors (Lipinski definition) is 2. The summed E-state index contributed by atoms with van der Waals surface area (Å²) in [5.41, 5.74) is 3.35. The number of benzene rings is 2. The Labute approximate surface area is 190 Å². The first-order valence-electron chi connectivity index (χ1n) is 10.2. The number of ether oxygens (including phenoxy) is 1. The van der Waals surface area contributed by atoms with Crippen molar-refractivity contribution in [2.24, 2.45) is 0 Å². The summed E-state index contributed by atoms with van der Waals surface area (Å²) in [6.07, 6.45) is 2.22. The van der Waals surface area contributed by atoms with Crippen LogP contribution in [0.1, 0.15) is 5.56 Å². The number of anilines is 4. The van der Waals surface area contributed by atoms with Crippen molar-refractivity contribution in [3.8, 4) is 5.75 Å². The van der Waals surface area contributed by atoms with Crippen LogP contribution < -0.4 is 15.0 Å².